The number of pyridine rings is 1. The van der Waals surface area contributed by atoms with Gasteiger partial charge in [0.2, 0.25) is 0 Å². The Morgan fingerprint density at radius 2 is 2.13 bits per heavy atom. The van der Waals surface area contributed by atoms with E-state index in [1.54, 1.807) is 6.20 Å². The second-order valence-corrected chi connectivity index (χ2v) is 9.02. The van der Waals surface area contributed by atoms with Crippen LogP contribution in [0.15, 0.2) is 42.7 Å². The molecule has 2 saturated heterocycles. The average molecular weight is 408 g/mol. The number of ether oxygens (including phenoxy) is 2. The van der Waals surface area contributed by atoms with Crippen LogP contribution in [-0.2, 0) is 29.3 Å². The van der Waals surface area contributed by atoms with E-state index in [-0.39, 0.29) is 11.4 Å². The van der Waals surface area contributed by atoms with Gasteiger partial charge in [0, 0.05) is 37.7 Å². The summed E-state index contributed by atoms with van der Waals surface area (Å²) in [6.07, 6.45) is 5.86. The second kappa shape index (κ2) is 8.10. The molecule has 1 spiro atoms. The highest BCUT2D eigenvalue weighted by molar-refractivity contribution is 5.95. The highest BCUT2D eigenvalue weighted by Crippen LogP contribution is 2.39. The summed E-state index contributed by atoms with van der Waals surface area (Å²) < 4.78 is 11.5. The van der Waals surface area contributed by atoms with E-state index in [4.69, 9.17) is 9.47 Å². The molecule has 0 bridgehead atoms. The highest BCUT2D eigenvalue weighted by atomic mass is 16.5. The number of fused-ring (bicyclic) bond motifs is 1. The van der Waals surface area contributed by atoms with Crippen molar-refractivity contribution in [2.24, 2.45) is 5.92 Å². The second-order valence-electron chi connectivity index (χ2n) is 9.02. The van der Waals surface area contributed by atoms with Crippen molar-refractivity contribution in [3.8, 4) is 0 Å². The minimum atomic E-state index is 0.0933. The first-order valence-corrected chi connectivity index (χ1v) is 10.8. The van der Waals surface area contributed by atoms with Gasteiger partial charge >= 0.3 is 0 Å². The van der Waals surface area contributed by atoms with Crippen molar-refractivity contribution in [2.45, 2.75) is 38.2 Å². The first kappa shape index (κ1) is 19.7. The maximum atomic E-state index is 13.0. The van der Waals surface area contributed by atoms with Gasteiger partial charge in [-0.3, -0.25) is 14.7 Å². The lowest BCUT2D eigenvalue weighted by molar-refractivity contribution is -0.0768. The SMILES string of the molecule is CN1CC[C@@H](COCc2cccnc2)CC12CN(C(=O)c1ccc3c(c1)COC3)C2. The Balaban J connectivity index is 1.16. The van der Waals surface area contributed by atoms with E-state index in [2.05, 4.69) is 16.9 Å². The number of likely N-dealkylation sites (N-methyl/N-ethyl adjacent to an activating group) is 1. The summed E-state index contributed by atoms with van der Waals surface area (Å²) in [6, 6.07) is 9.98. The van der Waals surface area contributed by atoms with Crippen LogP contribution < -0.4 is 0 Å². The lowest BCUT2D eigenvalue weighted by atomic mass is 9.75. The molecular weight excluding hydrogens is 378 g/mol. The summed E-state index contributed by atoms with van der Waals surface area (Å²) in [7, 11) is 2.20. The molecular formula is C24H29N3O3. The quantitative estimate of drug-likeness (QED) is 0.763. The van der Waals surface area contributed by atoms with Crippen molar-refractivity contribution >= 4 is 5.91 Å². The Morgan fingerprint density at radius 3 is 2.97 bits per heavy atom. The number of amides is 1. The molecule has 5 rings (SSSR count). The standard InChI is InChI=1S/C24H29N3O3/c1-26-8-6-18(12-29-13-19-3-2-7-25-11-19)10-24(26)16-27(17-24)23(28)20-4-5-21-14-30-15-22(21)9-20/h2-5,7,9,11,18H,6,8,10,12-17H2,1H3/t18-/m1/s1. The smallest absolute Gasteiger partial charge is 0.253 e. The van der Waals surface area contributed by atoms with Crippen molar-refractivity contribution in [3.63, 3.8) is 0 Å². The maximum absolute atomic E-state index is 13.0. The van der Waals surface area contributed by atoms with E-state index in [0.29, 0.717) is 25.7 Å². The van der Waals surface area contributed by atoms with Crippen molar-refractivity contribution in [1.29, 1.82) is 0 Å². The van der Waals surface area contributed by atoms with E-state index in [9.17, 15) is 4.79 Å². The molecule has 1 aromatic carbocycles. The molecule has 2 fully saturated rings. The third-order valence-electron chi connectivity index (χ3n) is 6.92. The summed E-state index contributed by atoms with van der Waals surface area (Å²) in [4.78, 5) is 21.6. The monoisotopic (exact) mass is 407 g/mol. The fourth-order valence-corrected chi connectivity index (χ4v) is 5.04. The zero-order valence-electron chi connectivity index (χ0n) is 17.5. The zero-order valence-corrected chi connectivity index (χ0v) is 17.5. The predicted molar refractivity (Wildman–Crippen MR) is 113 cm³/mol. The topological polar surface area (TPSA) is 54.9 Å². The van der Waals surface area contributed by atoms with Gasteiger partial charge in [-0.25, -0.2) is 0 Å². The molecule has 2 aromatic rings. The van der Waals surface area contributed by atoms with E-state index in [0.717, 1.165) is 55.8 Å². The number of hydrogen-bond acceptors (Lipinski definition) is 5. The molecule has 6 nitrogen and oxygen atoms in total. The molecule has 6 heteroatoms. The minimum Gasteiger partial charge on any atom is -0.376 e. The third kappa shape index (κ3) is 3.75. The maximum Gasteiger partial charge on any atom is 0.253 e. The normalized spacial score (nSPS) is 22.7. The van der Waals surface area contributed by atoms with Gasteiger partial charge < -0.3 is 14.4 Å². The lowest BCUT2D eigenvalue weighted by Crippen LogP contribution is -2.72. The lowest BCUT2D eigenvalue weighted by Gasteiger charge is -2.58. The third-order valence-corrected chi connectivity index (χ3v) is 6.92. The molecule has 30 heavy (non-hydrogen) atoms. The van der Waals surface area contributed by atoms with E-state index in [1.807, 2.05) is 41.4 Å². The fourth-order valence-electron chi connectivity index (χ4n) is 5.04. The molecule has 0 radical (unpaired) electrons. The van der Waals surface area contributed by atoms with Crippen molar-refractivity contribution in [1.82, 2.24) is 14.8 Å². The fraction of sp³-hybridized carbons (Fsp3) is 0.500. The van der Waals surface area contributed by atoms with Crippen LogP contribution in [0.1, 0.15) is 39.9 Å². The Bertz CT molecular complexity index is 911. The van der Waals surface area contributed by atoms with Crippen LogP contribution in [-0.4, -0.2) is 59.5 Å². The largest absolute Gasteiger partial charge is 0.376 e. The highest BCUT2D eigenvalue weighted by Gasteiger charge is 2.51. The molecule has 0 unspecified atom stereocenters. The van der Waals surface area contributed by atoms with Crippen LogP contribution in [0, 0.1) is 5.92 Å². The van der Waals surface area contributed by atoms with Gasteiger partial charge in [-0.1, -0.05) is 12.1 Å². The van der Waals surface area contributed by atoms with E-state index < -0.39 is 0 Å². The number of aromatic nitrogens is 1. The Kier molecular flexibility index (Phi) is 5.31. The van der Waals surface area contributed by atoms with Crippen LogP contribution in [0.3, 0.4) is 0 Å². The number of carbonyl (C=O) groups excluding carboxylic acids is 1. The zero-order chi connectivity index (χ0) is 20.6. The Morgan fingerprint density at radius 1 is 1.27 bits per heavy atom. The molecule has 4 heterocycles. The van der Waals surface area contributed by atoms with Gasteiger partial charge in [0.15, 0.2) is 0 Å². The van der Waals surface area contributed by atoms with E-state index >= 15 is 0 Å². The molecule has 158 valence electrons. The van der Waals surface area contributed by atoms with Gasteiger partial charge in [-0.2, -0.15) is 0 Å². The summed E-state index contributed by atoms with van der Waals surface area (Å²) in [5.74, 6) is 0.672. The molecule has 1 atom stereocenters. The Hall–Kier alpha value is -2.28. The summed E-state index contributed by atoms with van der Waals surface area (Å²) in [5.41, 5.74) is 4.34. The average Bonchev–Trinajstić information content (AvgIpc) is 3.21. The molecule has 0 N–H and O–H groups in total. The van der Waals surface area contributed by atoms with Gasteiger partial charge in [0.25, 0.3) is 5.91 Å². The molecule has 3 aliphatic heterocycles. The van der Waals surface area contributed by atoms with Crippen LogP contribution in [0.5, 0.6) is 0 Å². The number of nitrogens with zero attached hydrogens (tertiary/aromatic N) is 3. The van der Waals surface area contributed by atoms with Crippen molar-refractivity contribution in [3.05, 3.63) is 65.0 Å². The van der Waals surface area contributed by atoms with Crippen LogP contribution in [0.4, 0.5) is 0 Å². The number of likely N-dealkylation sites (tertiary alicyclic amines) is 2. The number of piperidine rings is 1. The van der Waals surface area contributed by atoms with Crippen LogP contribution in [0.25, 0.3) is 0 Å². The summed E-state index contributed by atoms with van der Waals surface area (Å²) >= 11 is 0. The molecule has 0 aliphatic carbocycles. The number of carbonyl (C=O) groups is 1. The first-order chi connectivity index (χ1) is 14.6. The molecule has 0 saturated carbocycles. The summed E-state index contributed by atoms with van der Waals surface area (Å²) in [6.45, 7) is 5.31. The summed E-state index contributed by atoms with van der Waals surface area (Å²) in [5, 5.41) is 0. The Labute approximate surface area is 177 Å². The molecule has 3 aliphatic rings. The number of hydrogen-bond donors (Lipinski definition) is 0. The predicted octanol–water partition coefficient (Wildman–Crippen LogP) is 2.87. The van der Waals surface area contributed by atoms with Gasteiger partial charge in [-0.15, -0.1) is 0 Å². The first-order valence-electron chi connectivity index (χ1n) is 10.8. The van der Waals surface area contributed by atoms with Gasteiger partial charge in [0.1, 0.15) is 0 Å². The van der Waals surface area contributed by atoms with Crippen LogP contribution in [0.2, 0.25) is 0 Å². The minimum absolute atomic E-state index is 0.0933. The van der Waals surface area contributed by atoms with Crippen molar-refractivity contribution < 1.29 is 14.3 Å². The van der Waals surface area contributed by atoms with Gasteiger partial charge in [-0.05, 0) is 67.2 Å². The van der Waals surface area contributed by atoms with Gasteiger partial charge in [0.05, 0.1) is 25.4 Å². The van der Waals surface area contributed by atoms with E-state index in [1.165, 1.54) is 5.56 Å². The van der Waals surface area contributed by atoms with Crippen molar-refractivity contribution in [2.75, 3.05) is 33.3 Å². The van der Waals surface area contributed by atoms with Crippen LogP contribution >= 0.6 is 0 Å². The number of rotatable bonds is 5. The number of benzene rings is 1. The molecule has 1 aromatic heterocycles. The molecule has 1 amide bonds.